The fourth-order valence-corrected chi connectivity index (χ4v) is 3.25. The van der Waals surface area contributed by atoms with E-state index in [-0.39, 0.29) is 12.1 Å². The number of rotatable bonds is 4. The van der Waals surface area contributed by atoms with Crippen LogP contribution in [0.2, 0.25) is 0 Å². The Hall–Kier alpha value is -3.22. The number of amides is 3. The Balaban J connectivity index is 1.62. The molecular weight excluding hydrogens is 382 g/mol. The van der Waals surface area contributed by atoms with Crippen molar-refractivity contribution < 1.29 is 19.1 Å². The molecule has 160 valence electrons. The summed E-state index contributed by atoms with van der Waals surface area (Å²) in [6.07, 6.45) is 0.404. The van der Waals surface area contributed by atoms with Crippen LogP contribution in [-0.4, -0.2) is 35.8 Å². The summed E-state index contributed by atoms with van der Waals surface area (Å²) in [5.74, 6) is 0.628. The summed E-state index contributed by atoms with van der Waals surface area (Å²) in [5.41, 5.74) is 2.97. The quantitative estimate of drug-likeness (QED) is 0.740. The number of carbonyl (C=O) groups excluding carboxylic acids is 2. The van der Waals surface area contributed by atoms with Crippen molar-refractivity contribution in [1.82, 2.24) is 4.90 Å². The molecule has 1 heterocycles. The van der Waals surface area contributed by atoms with E-state index in [0.29, 0.717) is 43.2 Å². The van der Waals surface area contributed by atoms with E-state index in [1.807, 2.05) is 64.1 Å². The molecule has 1 aliphatic heterocycles. The highest BCUT2D eigenvalue weighted by Crippen LogP contribution is 2.26. The summed E-state index contributed by atoms with van der Waals surface area (Å²) in [7, 11) is 0. The van der Waals surface area contributed by atoms with Gasteiger partial charge >= 0.3 is 12.1 Å². The fourth-order valence-electron chi connectivity index (χ4n) is 3.25. The van der Waals surface area contributed by atoms with Gasteiger partial charge in [-0.1, -0.05) is 18.2 Å². The molecule has 7 nitrogen and oxygen atoms in total. The molecule has 0 fully saturated rings. The van der Waals surface area contributed by atoms with E-state index in [0.717, 1.165) is 11.1 Å². The van der Waals surface area contributed by atoms with Crippen molar-refractivity contribution in [2.24, 2.45) is 0 Å². The number of anilines is 2. The van der Waals surface area contributed by atoms with Gasteiger partial charge in [0.1, 0.15) is 11.4 Å². The van der Waals surface area contributed by atoms with Crippen LogP contribution < -0.4 is 15.4 Å². The maximum Gasteiger partial charge on any atom is 0.410 e. The largest absolute Gasteiger partial charge is 0.492 e. The van der Waals surface area contributed by atoms with Gasteiger partial charge in [0, 0.05) is 18.8 Å². The number of hydrogen-bond acceptors (Lipinski definition) is 4. The minimum atomic E-state index is -0.515. The Morgan fingerprint density at radius 2 is 1.83 bits per heavy atom. The Morgan fingerprint density at radius 3 is 2.57 bits per heavy atom. The Bertz CT molecular complexity index is 921. The van der Waals surface area contributed by atoms with Crippen LogP contribution in [0.25, 0.3) is 0 Å². The van der Waals surface area contributed by atoms with E-state index in [1.165, 1.54) is 0 Å². The van der Waals surface area contributed by atoms with Gasteiger partial charge in [-0.3, -0.25) is 0 Å². The highest BCUT2D eigenvalue weighted by atomic mass is 16.6. The zero-order valence-corrected chi connectivity index (χ0v) is 18.0. The number of para-hydroxylation sites is 2. The SMILES string of the molecule is CCOc1ccccc1NC(=O)Nc1ccc2c(c1)CCN(C(=O)OC(C)(C)C)C2. The third-order valence-electron chi connectivity index (χ3n) is 4.56. The molecule has 0 atom stereocenters. The maximum atomic E-state index is 12.4. The minimum absolute atomic E-state index is 0.303. The Morgan fingerprint density at radius 1 is 1.07 bits per heavy atom. The first-order valence-corrected chi connectivity index (χ1v) is 10.1. The van der Waals surface area contributed by atoms with E-state index < -0.39 is 5.60 Å². The van der Waals surface area contributed by atoms with E-state index in [9.17, 15) is 9.59 Å². The van der Waals surface area contributed by atoms with Crippen molar-refractivity contribution in [3.63, 3.8) is 0 Å². The number of hydrogen-bond donors (Lipinski definition) is 2. The molecule has 0 aliphatic carbocycles. The van der Waals surface area contributed by atoms with Gasteiger partial charge < -0.3 is 25.0 Å². The second kappa shape index (κ2) is 9.07. The average molecular weight is 412 g/mol. The van der Waals surface area contributed by atoms with Gasteiger partial charge in [0.05, 0.1) is 12.3 Å². The van der Waals surface area contributed by atoms with Crippen LogP contribution in [-0.2, 0) is 17.7 Å². The summed E-state index contributed by atoms with van der Waals surface area (Å²) in [6, 6.07) is 12.7. The molecule has 3 amide bonds. The zero-order chi connectivity index (χ0) is 21.7. The second-order valence-corrected chi connectivity index (χ2v) is 8.14. The number of fused-ring (bicyclic) bond motifs is 1. The third kappa shape index (κ3) is 5.65. The topological polar surface area (TPSA) is 79.9 Å². The monoisotopic (exact) mass is 411 g/mol. The lowest BCUT2D eigenvalue weighted by molar-refractivity contribution is 0.0224. The first-order valence-electron chi connectivity index (χ1n) is 10.1. The van der Waals surface area contributed by atoms with Gasteiger partial charge in [-0.05, 0) is 69.5 Å². The Labute approximate surface area is 177 Å². The van der Waals surface area contributed by atoms with Gasteiger partial charge in [-0.15, -0.1) is 0 Å². The number of ether oxygens (including phenoxy) is 2. The van der Waals surface area contributed by atoms with Crippen LogP contribution in [0, 0.1) is 0 Å². The van der Waals surface area contributed by atoms with E-state index in [4.69, 9.17) is 9.47 Å². The highest BCUT2D eigenvalue weighted by Gasteiger charge is 2.25. The van der Waals surface area contributed by atoms with Crippen LogP contribution in [0.15, 0.2) is 42.5 Å². The first kappa shape index (κ1) is 21.5. The summed E-state index contributed by atoms with van der Waals surface area (Å²) in [6.45, 7) is 9.08. The Kier molecular flexibility index (Phi) is 6.50. The molecule has 0 spiro atoms. The van der Waals surface area contributed by atoms with Crippen LogP contribution in [0.4, 0.5) is 21.0 Å². The molecule has 1 aliphatic rings. The lowest BCUT2D eigenvalue weighted by Crippen LogP contribution is -2.39. The lowest BCUT2D eigenvalue weighted by atomic mass is 9.99. The molecule has 0 bridgehead atoms. The van der Waals surface area contributed by atoms with Crippen molar-refractivity contribution in [3.8, 4) is 5.75 Å². The van der Waals surface area contributed by atoms with Gasteiger partial charge in [0.25, 0.3) is 0 Å². The van der Waals surface area contributed by atoms with Gasteiger partial charge in [-0.2, -0.15) is 0 Å². The van der Waals surface area contributed by atoms with Crippen molar-refractivity contribution in [2.75, 3.05) is 23.8 Å². The number of carbonyl (C=O) groups is 2. The molecule has 0 unspecified atom stereocenters. The predicted octanol–water partition coefficient (Wildman–Crippen LogP) is 5.02. The van der Waals surface area contributed by atoms with Gasteiger partial charge in [0.15, 0.2) is 0 Å². The zero-order valence-electron chi connectivity index (χ0n) is 18.0. The van der Waals surface area contributed by atoms with Gasteiger partial charge in [0.2, 0.25) is 0 Å². The molecule has 2 N–H and O–H groups in total. The maximum absolute atomic E-state index is 12.4. The minimum Gasteiger partial charge on any atom is -0.492 e. The van der Waals surface area contributed by atoms with E-state index >= 15 is 0 Å². The van der Waals surface area contributed by atoms with Crippen molar-refractivity contribution in [1.29, 1.82) is 0 Å². The van der Waals surface area contributed by atoms with E-state index in [1.54, 1.807) is 11.0 Å². The molecule has 7 heteroatoms. The van der Waals surface area contributed by atoms with Crippen LogP contribution in [0.3, 0.4) is 0 Å². The lowest BCUT2D eigenvalue weighted by Gasteiger charge is -2.31. The number of benzene rings is 2. The van der Waals surface area contributed by atoms with Crippen molar-refractivity contribution in [2.45, 2.75) is 46.3 Å². The number of urea groups is 1. The van der Waals surface area contributed by atoms with Gasteiger partial charge in [-0.25, -0.2) is 9.59 Å². The summed E-state index contributed by atoms with van der Waals surface area (Å²) in [5, 5.41) is 5.69. The van der Waals surface area contributed by atoms with Crippen molar-refractivity contribution >= 4 is 23.5 Å². The average Bonchev–Trinajstić information content (AvgIpc) is 2.68. The number of nitrogens with one attached hydrogen (secondary N) is 2. The third-order valence-corrected chi connectivity index (χ3v) is 4.56. The summed E-state index contributed by atoms with van der Waals surface area (Å²) < 4.78 is 11.0. The standard InChI is InChI=1S/C23H29N3O4/c1-5-29-20-9-7-6-8-19(20)25-21(27)24-18-11-10-17-15-26(13-12-16(17)14-18)22(28)30-23(2,3)4/h6-11,14H,5,12-13,15H2,1-4H3,(H2,24,25,27). The molecule has 3 rings (SSSR count). The molecule has 0 radical (unpaired) electrons. The second-order valence-electron chi connectivity index (χ2n) is 8.14. The molecular formula is C23H29N3O4. The molecule has 2 aromatic carbocycles. The fraction of sp³-hybridized carbons (Fsp3) is 0.391. The molecule has 2 aromatic rings. The summed E-state index contributed by atoms with van der Waals surface area (Å²) in [4.78, 5) is 26.5. The molecule has 30 heavy (non-hydrogen) atoms. The van der Waals surface area contributed by atoms with E-state index in [2.05, 4.69) is 10.6 Å². The number of nitrogens with zero attached hydrogens (tertiary/aromatic N) is 1. The molecule has 0 saturated carbocycles. The van der Waals surface area contributed by atoms with Crippen molar-refractivity contribution in [3.05, 3.63) is 53.6 Å². The first-order chi connectivity index (χ1) is 14.2. The normalized spacial score (nSPS) is 13.3. The predicted molar refractivity (Wildman–Crippen MR) is 117 cm³/mol. The smallest absolute Gasteiger partial charge is 0.410 e. The molecule has 0 aromatic heterocycles. The summed E-state index contributed by atoms with van der Waals surface area (Å²) >= 11 is 0. The van der Waals surface area contributed by atoms with Crippen LogP contribution in [0.1, 0.15) is 38.8 Å². The molecule has 0 saturated heterocycles. The van der Waals surface area contributed by atoms with Crippen LogP contribution in [0.5, 0.6) is 5.75 Å². The highest BCUT2D eigenvalue weighted by molar-refractivity contribution is 6.00. The van der Waals surface area contributed by atoms with Crippen LogP contribution >= 0.6 is 0 Å².